The van der Waals surface area contributed by atoms with Crippen LogP contribution in [0.5, 0.6) is 0 Å². The minimum atomic E-state index is -1.60. The standard InChI is InChI=1S/C5H8O3.K/c1-3(2)4(6)5(7)8;/h3H,1-2H3,(H,7,8);/q;+1/p-1. The maximum absolute atomic E-state index is 10.2. The van der Waals surface area contributed by atoms with Crippen molar-refractivity contribution in [2.24, 2.45) is 5.92 Å². The molecule has 0 amide bonds. The van der Waals surface area contributed by atoms with Gasteiger partial charge in [-0.05, 0) is 0 Å². The molecule has 0 aliphatic rings. The SMILES string of the molecule is CC(C)C(=O)C(=O)[O-].[K+]. The van der Waals surface area contributed by atoms with E-state index >= 15 is 0 Å². The Labute approximate surface area is 96.2 Å². The molecule has 0 bridgehead atoms. The Hall–Kier alpha value is 0.776. The summed E-state index contributed by atoms with van der Waals surface area (Å²) in [4.78, 5) is 19.9. The Morgan fingerprint density at radius 2 is 1.67 bits per heavy atom. The molecular formula is C5H7KO3. The van der Waals surface area contributed by atoms with Gasteiger partial charge in [-0.2, -0.15) is 0 Å². The van der Waals surface area contributed by atoms with Gasteiger partial charge < -0.3 is 9.90 Å². The van der Waals surface area contributed by atoms with Gasteiger partial charge in [0, 0.05) is 5.92 Å². The number of rotatable bonds is 2. The Bertz CT molecular complexity index is 119. The van der Waals surface area contributed by atoms with Crippen LogP contribution in [0.3, 0.4) is 0 Å². The van der Waals surface area contributed by atoms with E-state index in [-0.39, 0.29) is 51.4 Å². The van der Waals surface area contributed by atoms with Gasteiger partial charge in [-0.3, -0.25) is 4.79 Å². The van der Waals surface area contributed by atoms with E-state index in [1.54, 1.807) is 0 Å². The molecule has 0 aromatic heterocycles. The fourth-order valence-electron chi connectivity index (χ4n) is 0.236. The zero-order chi connectivity index (χ0) is 6.73. The Kier molecular flexibility index (Phi) is 7.68. The van der Waals surface area contributed by atoms with E-state index in [0.717, 1.165) is 0 Å². The quantitative estimate of drug-likeness (QED) is 0.300. The van der Waals surface area contributed by atoms with Crippen LogP contribution >= 0.6 is 0 Å². The largest absolute Gasteiger partial charge is 1.00 e. The number of carboxylic acids is 1. The molecule has 0 aliphatic carbocycles. The van der Waals surface area contributed by atoms with Crippen molar-refractivity contribution in [3.63, 3.8) is 0 Å². The monoisotopic (exact) mass is 154 g/mol. The topological polar surface area (TPSA) is 57.2 Å². The van der Waals surface area contributed by atoms with E-state index in [1.165, 1.54) is 13.8 Å². The molecule has 0 spiro atoms. The van der Waals surface area contributed by atoms with Crippen molar-refractivity contribution in [1.82, 2.24) is 0 Å². The number of carbonyl (C=O) groups is 2. The van der Waals surface area contributed by atoms with Gasteiger partial charge in [0.15, 0.2) is 5.78 Å². The van der Waals surface area contributed by atoms with E-state index in [1.807, 2.05) is 0 Å². The van der Waals surface area contributed by atoms with Crippen LogP contribution < -0.4 is 56.5 Å². The van der Waals surface area contributed by atoms with Crippen LogP contribution in [0.25, 0.3) is 0 Å². The number of hydrogen-bond donors (Lipinski definition) is 0. The molecule has 0 aliphatic heterocycles. The summed E-state index contributed by atoms with van der Waals surface area (Å²) >= 11 is 0. The molecule has 9 heavy (non-hydrogen) atoms. The zero-order valence-electron chi connectivity index (χ0n) is 5.80. The van der Waals surface area contributed by atoms with Gasteiger partial charge >= 0.3 is 51.4 Å². The molecule has 0 N–H and O–H groups in total. The average molecular weight is 154 g/mol. The van der Waals surface area contributed by atoms with E-state index in [0.29, 0.717) is 0 Å². The third-order valence-electron chi connectivity index (χ3n) is 0.726. The third-order valence-corrected chi connectivity index (χ3v) is 0.726. The summed E-state index contributed by atoms with van der Waals surface area (Å²) in [6.07, 6.45) is 0. The van der Waals surface area contributed by atoms with Crippen LogP contribution in [0.15, 0.2) is 0 Å². The van der Waals surface area contributed by atoms with Gasteiger partial charge in [-0.15, -0.1) is 0 Å². The molecule has 0 radical (unpaired) electrons. The third kappa shape index (κ3) is 5.23. The molecule has 0 fully saturated rings. The first-order chi connectivity index (χ1) is 3.55. The number of ketones is 1. The molecule has 3 nitrogen and oxygen atoms in total. The molecule has 46 valence electrons. The van der Waals surface area contributed by atoms with Crippen LogP contribution in [-0.2, 0) is 9.59 Å². The summed E-state index contributed by atoms with van der Waals surface area (Å²) in [6.45, 7) is 3.02. The molecule has 4 heteroatoms. The second kappa shape index (κ2) is 5.55. The summed E-state index contributed by atoms with van der Waals surface area (Å²) in [6, 6.07) is 0. The minimum absolute atomic E-state index is 0. The summed E-state index contributed by atoms with van der Waals surface area (Å²) in [7, 11) is 0. The first-order valence-corrected chi connectivity index (χ1v) is 2.31. The van der Waals surface area contributed by atoms with Crippen LogP contribution in [0.1, 0.15) is 13.8 Å². The maximum atomic E-state index is 10.2. The molecule has 0 unspecified atom stereocenters. The number of carbonyl (C=O) groups excluding carboxylic acids is 2. The van der Waals surface area contributed by atoms with Crippen molar-refractivity contribution in [1.29, 1.82) is 0 Å². The van der Waals surface area contributed by atoms with Crippen molar-refractivity contribution in [2.45, 2.75) is 13.8 Å². The van der Waals surface area contributed by atoms with Crippen molar-refractivity contribution in [2.75, 3.05) is 0 Å². The fraction of sp³-hybridized carbons (Fsp3) is 0.600. The second-order valence-corrected chi connectivity index (χ2v) is 1.81. The van der Waals surface area contributed by atoms with Gasteiger partial charge in [0.05, 0.1) is 0 Å². The minimum Gasteiger partial charge on any atom is -0.542 e. The number of carboxylic acid groups (broad SMARTS) is 1. The molecule has 0 saturated carbocycles. The fourth-order valence-corrected chi connectivity index (χ4v) is 0.236. The summed E-state index contributed by atoms with van der Waals surface area (Å²) < 4.78 is 0. The summed E-state index contributed by atoms with van der Waals surface area (Å²) in [5.74, 6) is -2.90. The van der Waals surface area contributed by atoms with E-state index in [4.69, 9.17) is 0 Å². The number of aliphatic carboxylic acids is 1. The Morgan fingerprint density at radius 1 is 1.33 bits per heavy atom. The molecule has 0 rings (SSSR count). The van der Waals surface area contributed by atoms with Gasteiger partial charge in [0.2, 0.25) is 0 Å². The van der Waals surface area contributed by atoms with Gasteiger partial charge in [0.1, 0.15) is 5.97 Å². The Balaban J connectivity index is 0. The van der Waals surface area contributed by atoms with E-state index < -0.39 is 17.7 Å². The number of Topliss-reactive ketones (excluding diaryl/α,β-unsaturated/α-hetero) is 1. The molecular weight excluding hydrogens is 147 g/mol. The average Bonchev–Trinajstić information content (AvgIpc) is 1.64. The molecule has 0 aromatic carbocycles. The van der Waals surface area contributed by atoms with Crippen molar-refractivity contribution < 1.29 is 66.1 Å². The van der Waals surface area contributed by atoms with Gasteiger partial charge in [-0.1, -0.05) is 13.8 Å². The predicted octanol–water partition coefficient (Wildman–Crippen LogP) is -4.03. The van der Waals surface area contributed by atoms with Gasteiger partial charge in [0.25, 0.3) is 0 Å². The van der Waals surface area contributed by atoms with E-state index in [2.05, 4.69) is 0 Å². The van der Waals surface area contributed by atoms with Crippen molar-refractivity contribution in [3.8, 4) is 0 Å². The van der Waals surface area contributed by atoms with Crippen molar-refractivity contribution in [3.05, 3.63) is 0 Å². The molecule has 0 heterocycles. The van der Waals surface area contributed by atoms with Gasteiger partial charge in [-0.25, -0.2) is 0 Å². The Morgan fingerprint density at radius 3 is 1.67 bits per heavy atom. The smallest absolute Gasteiger partial charge is 0.542 e. The molecule has 0 atom stereocenters. The van der Waals surface area contributed by atoms with Crippen molar-refractivity contribution >= 4 is 11.8 Å². The maximum Gasteiger partial charge on any atom is 1.00 e. The number of hydrogen-bond acceptors (Lipinski definition) is 3. The van der Waals surface area contributed by atoms with Crippen LogP contribution in [0.4, 0.5) is 0 Å². The van der Waals surface area contributed by atoms with Crippen LogP contribution in [-0.4, -0.2) is 11.8 Å². The first kappa shape index (κ1) is 12.5. The first-order valence-electron chi connectivity index (χ1n) is 2.31. The van der Waals surface area contributed by atoms with E-state index in [9.17, 15) is 14.7 Å². The van der Waals surface area contributed by atoms with Crippen LogP contribution in [0.2, 0.25) is 0 Å². The normalized spacial score (nSPS) is 8.33. The second-order valence-electron chi connectivity index (χ2n) is 1.81. The molecule has 0 saturated heterocycles. The molecule has 0 aromatic rings. The van der Waals surface area contributed by atoms with Crippen LogP contribution in [0, 0.1) is 5.92 Å². The predicted molar refractivity (Wildman–Crippen MR) is 24.9 cm³/mol. The zero-order valence-corrected chi connectivity index (χ0v) is 8.93. The summed E-state index contributed by atoms with van der Waals surface area (Å²) in [5.41, 5.74) is 0. The summed E-state index contributed by atoms with van der Waals surface area (Å²) in [5, 5.41) is 9.68.